The fourth-order valence-corrected chi connectivity index (χ4v) is 2.63. The summed E-state index contributed by atoms with van der Waals surface area (Å²) < 4.78 is 0. The number of aryl methyl sites for hydroxylation is 1. The number of hydrogen-bond donors (Lipinski definition) is 1. The largest absolute Gasteiger partial charge is 0.502 e. The molecule has 0 spiro atoms. The van der Waals surface area contributed by atoms with Gasteiger partial charge in [-0.25, -0.2) is 0 Å². The lowest BCUT2D eigenvalue weighted by atomic mass is 9.86. The lowest BCUT2D eigenvalue weighted by Crippen LogP contribution is -2.13. The summed E-state index contributed by atoms with van der Waals surface area (Å²) in [6, 6.07) is 11.6. The Labute approximate surface area is 126 Å². The van der Waals surface area contributed by atoms with E-state index >= 15 is 0 Å². The van der Waals surface area contributed by atoms with Crippen molar-refractivity contribution in [2.75, 3.05) is 0 Å². The number of carbonyl (C=O) groups excluding carboxylic acids is 1. The van der Waals surface area contributed by atoms with Crippen molar-refractivity contribution in [1.82, 2.24) is 0 Å². The number of ketones is 1. The van der Waals surface area contributed by atoms with Crippen LogP contribution in [0.2, 0.25) is 0 Å². The van der Waals surface area contributed by atoms with Crippen molar-refractivity contribution < 1.29 is 14.8 Å². The van der Waals surface area contributed by atoms with Crippen LogP contribution in [0.3, 0.4) is 0 Å². The third kappa shape index (κ3) is 2.48. The Balaban J connectivity index is 1.99. The molecule has 0 fully saturated rings. The standard InChI is InChI=1S/C17H13NO4/c19-16-8-5-11(10-15(16)18(21)22)9-13-7-6-12-3-1-2-4-14(12)17(13)20/h1-5,8-10,19H,6-7H2. The molecule has 0 aliphatic heterocycles. The van der Waals surface area contributed by atoms with Crippen LogP contribution in [0.4, 0.5) is 5.69 Å². The van der Waals surface area contributed by atoms with Crippen molar-refractivity contribution in [3.05, 3.63) is 74.8 Å². The zero-order valence-electron chi connectivity index (χ0n) is 11.7. The maximum atomic E-state index is 12.5. The molecular weight excluding hydrogens is 282 g/mol. The molecule has 3 rings (SSSR count). The van der Waals surface area contributed by atoms with Crippen LogP contribution in [-0.4, -0.2) is 15.8 Å². The first-order valence-corrected chi connectivity index (χ1v) is 6.87. The van der Waals surface area contributed by atoms with Gasteiger partial charge in [0.05, 0.1) is 4.92 Å². The molecule has 2 aromatic rings. The molecule has 0 radical (unpaired) electrons. The van der Waals surface area contributed by atoms with Crippen LogP contribution in [0, 0.1) is 10.1 Å². The predicted octanol–water partition coefficient (Wildman–Crippen LogP) is 3.51. The van der Waals surface area contributed by atoms with Crippen LogP contribution >= 0.6 is 0 Å². The van der Waals surface area contributed by atoms with Gasteiger partial charge in [0.2, 0.25) is 0 Å². The van der Waals surface area contributed by atoms with E-state index in [9.17, 15) is 20.0 Å². The topological polar surface area (TPSA) is 80.4 Å². The molecule has 5 nitrogen and oxygen atoms in total. The maximum Gasteiger partial charge on any atom is 0.311 e. The van der Waals surface area contributed by atoms with Gasteiger partial charge in [-0.05, 0) is 36.1 Å². The second-order valence-corrected chi connectivity index (χ2v) is 5.16. The molecule has 2 aromatic carbocycles. The lowest BCUT2D eigenvalue weighted by molar-refractivity contribution is -0.385. The average Bonchev–Trinajstić information content (AvgIpc) is 2.52. The van der Waals surface area contributed by atoms with Crippen molar-refractivity contribution >= 4 is 17.5 Å². The van der Waals surface area contributed by atoms with Crippen LogP contribution in [0.5, 0.6) is 5.75 Å². The molecule has 22 heavy (non-hydrogen) atoms. The summed E-state index contributed by atoms with van der Waals surface area (Å²) in [4.78, 5) is 22.7. The Morgan fingerprint density at radius 3 is 2.68 bits per heavy atom. The summed E-state index contributed by atoms with van der Waals surface area (Å²) in [7, 11) is 0. The van der Waals surface area contributed by atoms with Crippen LogP contribution in [0.15, 0.2) is 48.0 Å². The van der Waals surface area contributed by atoms with Crippen molar-refractivity contribution in [2.24, 2.45) is 0 Å². The van der Waals surface area contributed by atoms with E-state index in [2.05, 4.69) is 0 Å². The number of phenols is 1. The van der Waals surface area contributed by atoms with E-state index in [1.165, 1.54) is 12.1 Å². The molecule has 110 valence electrons. The quantitative estimate of drug-likeness (QED) is 0.522. The van der Waals surface area contributed by atoms with Gasteiger partial charge in [-0.3, -0.25) is 14.9 Å². The first-order valence-electron chi connectivity index (χ1n) is 6.87. The van der Waals surface area contributed by atoms with Crippen LogP contribution < -0.4 is 0 Å². The van der Waals surface area contributed by atoms with Crippen LogP contribution in [0.25, 0.3) is 6.08 Å². The van der Waals surface area contributed by atoms with Gasteiger partial charge in [-0.15, -0.1) is 0 Å². The molecule has 5 heteroatoms. The van der Waals surface area contributed by atoms with E-state index in [0.29, 0.717) is 23.1 Å². The number of allylic oxidation sites excluding steroid dienone is 1. The van der Waals surface area contributed by atoms with E-state index in [1.54, 1.807) is 18.2 Å². The van der Waals surface area contributed by atoms with Gasteiger partial charge in [-0.1, -0.05) is 30.3 Å². The summed E-state index contributed by atoms with van der Waals surface area (Å²) in [6.45, 7) is 0. The first-order chi connectivity index (χ1) is 10.6. The highest BCUT2D eigenvalue weighted by Gasteiger charge is 2.21. The van der Waals surface area contributed by atoms with Crippen molar-refractivity contribution in [1.29, 1.82) is 0 Å². The summed E-state index contributed by atoms with van der Waals surface area (Å²) in [5, 5.41) is 20.3. The van der Waals surface area contributed by atoms with E-state index < -0.39 is 4.92 Å². The second kappa shape index (κ2) is 5.44. The Morgan fingerprint density at radius 2 is 1.91 bits per heavy atom. The summed E-state index contributed by atoms with van der Waals surface area (Å²) in [6.07, 6.45) is 3.03. The monoisotopic (exact) mass is 295 g/mol. The third-order valence-corrected chi connectivity index (χ3v) is 3.75. The SMILES string of the molecule is O=C1C(=Cc2ccc(O)c([N+](=O)[O-])c2)CCc2ccccc21. The van der Waals surface area contributed by atoms with Gasteiger partial charge in [0, 0.05) is 17.2 Å². The fraction of sp³-hybridized carbons (Fsp3) is 0.118. The first kappa shape index (κ1) is 14.0. The van der Waals surface area contributed by atoms with Gasteiger partial charge < -0.3 is 5.11 Å². The molecule has 1 N–H and O–H groups in total. The molecule has 0 saturated carbocycles. The lowest BCUT2D eigenvalue weighted by Gasteiger charge is -2.17. The number of nitro groups is 1. The minimum absolute atomic E-state index is 0.0439. The molecule has 1 aliphatic rings. The number of phenolic OH excluding ortho intramolecular Hbond substituents is 1. The van der Waals surface area contributed by atoms with Gasteiger partial charge in [0.1, 0.15) is 0 Å². The molecule has 0 bridgehead atoms. The minimum atomic E-state index is -0.644. The normalized spacial score (nSPS) is 15.6. The fourth-order valence-electron chi connectivity index (χ4n) is 2.63. The third-order valence-electron chi connectivity index (χ3n) is 3.75. The number of nitrogens with zero attached hydrogens (tertiary/aromatic N) is 1. The van der Waals surface area contributed by atoms with E-state index in [1.807, 2.05) is 18.2 Å². The number of Topliss-reactive ketones (excluding diaryl/α,β-unsaturated/α-hetero) is 1. The molecule has 0 unspecified atom stereocenters. The highest BCUT2D eigenvalue weighted by Crippen LogP contribution is 2.30. The van der Waals surface area contributed by atoms with Crippen LogP contribution in [0.1, 0.15) is 27.9 Å². The Bertz CT molecular complexity index is 808. The molecule has 0 atom stereocenters. The Morgan fingerprint density at radius 1 is 1.14 bits per heavy atom. The number of hydrogen-bond acceptors (Lipinski definition) is 4. The molecule has 0 heterocycles. The summed E-state index contributed by atoms with van der Waals surface area (Å²) in [5.74, 6) is -0.426. The number of fused-ring (bicyclic) bond motifs is 1. The number of rotatable bonds is 2. The molecule has 0 amide bonds. The second-order valence-electron chi connectivity index (χ2n) is 5.16. The molecule has 1 aliphatic carbocycles. The van der Waals surface area contributed by atoms with Crippen molar-refractivity contribution in [3.63, 3.8) is 0 Å². The number of carbonyl (C=O) groups is 1. The highest BCUT2D eigenvalue weighted by atomic mass is 16.6. The maximum absolute atomic E-state index is 12.5. The summed E-state index contributed by atoms with van der Waals surface area (Å²) >= 11 is 0. The number of aromatic hydroxyl groups is 1. The molecular formula is C17H13NO4. The molecule has 0 aromatic heterocycles. The van der Waals surface area contributed by atoms with E-state index in [-0.39, 0.29) is 17.2 Å². The predicted molar refractivity (Wildman–Crippen MR) is 81.8 cm³/mol. The zero-order valence-corrected chi connectivity index (χ0v) is 11.7. The molecule has 0 saturated heterocycles. The zero-order chi connectivity index (χ0) is 15.7. The van der Waals surface area contributed by atoms with E-state index in [0.717, 1.165) is 12.0 Å². The Kier molecular flexibility index (Phi) is 3.47. The number of benzene rings is 2. The van der Waals surface area contributed by atoms with Crippen molar-refractivity contribution in [2.45, 2.75) is 12.8 Å². The Hall–Kier alpha value is -2.95. The van der Waals surface area contributed by atoms with E-state index in [4.69, 9.17) is 0 Å². The highest BCUT2D eigenvalue weighted by molar-refractivity contribution is 6.13. The van der Waals surface area contributed by atoms with Crippen LogP contribution in [-0.2, 0) is 6.42 Å². The summed E-state index contributed by atoms with van der Waals surface area (Å²) in [5.41, 5.74) is 2.51. The van der Waals surface area contributed by atoms with Gasteiger partial charge in [-0.2, -0.15) is 0 Å². The minimum Gasteiger partial charge on any atom is -0.502 e. The average molecular weight is 295 g/mol. The smallest absolute Gasteiger partial charge is 0.311 e. The van der Waals surface area contributed by atoms with Crippen molar-refractivity contribution in [3.8, 4) is 5.75 Å². The number of nitro benzene ring substituents is 1. The van der Waals surface area contributed by atoms with Gasteiger partial charge >= 0.3 is 5.69 Å². The van der Waals surface area contributed by atoms with Gasteiger partial charge in [0.25, 0.3) is 0 Å². The van der Waals surface area contributed by atoms with Gasteiger partial charge in [0.15, 0.2) is 11.5 Å².